The quantitative estimate of drug-likeness (QED) is 0.820. The third kappa shape index (κ3) is 3.07. The van der Waals surface area contributed by atoms with E-state index in [0.717, 1.165) is 24.2 Å². The number of nitrogens with zero attached hydrogens (tertiary/aromatic N) is 1. The fraction of sp³-hybridized carbons (Fsp3) is 0.667. The van der Waals surface area contributed by atoms with E-state index < -0.39 is 0 Å². The Morgan fingerprint density at radius 3 is 2.74 bits per heavy atom. The molecular weight excluding hydrogens is 242 g/mol. The van der Waals surface area contributed by atoms with Crippen molar-refractivity contribution in [2.75, 3.05) is 20.8 Å². The molecule has 0 aliphatic heterocycles. The molecule has 2 rings (SSSR count). The van der Waals surface area contributed by atoms with Gasteiger partial charge < -0.3 is 14.0 Å². The predicted octanol–water partition coefficient (Wildman–Crippen LogP) is 2.30. The molecule has 1 heterocycles. The minimum Gasteiger partial charge on any atom is -0.382 e. The van der Waals surface area contributed by atoms with Gasteiger partial charge in [0.15, 0.2) is 5.78 Å². The van der Waals surface area contributed by atoms with Gasteiger partial charge in [0, 0.05) is 38.1 Å². The van der Waals surface area contributed by atoms with Crippen molar-refractivity contribution in [3.05, 3.63) is 23.5 Å². The highest BCUT2D eigenvalue weighted by Crippen LogP contribution is 2.35. The maximum absolute atomic E-state index is 12.1. The standard InChI is InChI=1S/C15H23NO3/c1-15(2)7-13-12(14(17)8-15)5-6-16(13)9-11(19-4)10-18-3/h5-6,11H,7-10H2,1-4H3. The van der Waals surface area contributed by atoms with Crippen molar-refractivity contribution in [2.24, 2.45) is 5.41 Å². The van der Waals surface area contributed by atoms with Gasteiger partial charge in [-0.15, -0.1) is 0 Å². The van der Waals surface area contributed by atoms with E-state index in [-0.39, 0.29) is 17.3 Å². The number of fused-ring (bicyclic) bond motifs is 1. The molecule has 4 heteroatoms. The summed E-state index contributed by atoms with van der Waals surface area (Å²) in [6.07, 6.45) is 3.58. The number of carbonyl (C=O) groups is 1. The largest absolute Gasteiger partial charge is 0.382 e. The zero-order valence-corrected chi connectivity index (χ0v) is 12.2. The van der Waals surface area contributed by atoms with Gasteiger partial charge in [-0.1, -0.05) is 13.8 Å². The van der Waals surface area contributed by atoms with Gasteiger partial charge in [-0.3, -0.25) is 4.79 Å². The minimum atomic E-state index is 0.0154. The van der Waals surface area contributed by atoms with E-state index in [9.17, 15) is 4.79 Å². The van der Waals surface area contributed by atoms with Gasteiger partial charge in [-0.2, -0.15) is 0 Å². The van der Waals surface area contributed by atoms with Crippen molar-refractivity contribution in [1.82, 2.24) is 4.57 Å². The Kier molecular flexibility index (Phi) is 4.11. The molecule has 0 saturated carbocycles. The molecule has 0 saturated heterocycles. The molecule has 1 atom stereocenters. The fourth-order valence-electron chi connectivity index (χ4n) is 2.77. The Morgan fingerprint density at radius 2 is 2.11 bits per heavy atom. The monoisotopic (exact) mass is 265 g/mol. The second-order valence-corrected chi connectivity index (χ2v) is 6.08. The van der Waals surface area contributed by atoms with Crippen molar-refractivity contribution < 1.29 is 14.3 Å². The summed E-state index contributed by atoms with van der Waals surface area (Å²) in [7, 11) is 3.36. The Balaban J connectivity index is 2.23. The molecule has 1 aliphatic carbocycles. The summed E-state index contributed by atoms with van der Waals surface area (Å²) in [5, 5.41) is 0. The van der Waals surface area contributed by atoms with Crippen molar-refractivity contribution in [1.29, 1.82) is 0 Å². The molecule has 1 aromatic heterocycles. The van der Waals surface area contributed by atoms with Crippen LogP contribution in [0.3, 0.4) is 0 Å². The highest BCUT2D eigenvalue weighted by atomic mass is 16.5. The van der Waals surface area contributed by atoms with Crippen LogP contribution in [0.1, 0.15) is 36.3 Å². The van der Waals surface area contributed by atoms with Crippen molar-refractivity contribution in [3.8, 4) is 0 Å². The zero-order chi connectivity index (χ0) is 14.0. The van der Waals surface area contributed by atoms with Crippen LogP contribution in [-0.2, 0) is 22.4 Å². The lowest BCUT2D eigenvalue weighted by atomic mass is 9.76. The summed E-state index contributed by atoms with van der Waals surface area (Å²) in [6, 6.07) is 1.94. The maximum Gasteiger partial charge on any atom is 0.165 e. The third-order valence-electron chi connectivity index (χ3n) is 3.75. The molecule has 0 N–H and O–H groups in total. The Labute approximate surface area is 114 Å². The van der Waals surface area contributed by atoms with Crippen LogP contribution in [0.2, 0.25) is 0 Å². The molecule has 0 amide bonds. The van der Waals surface area contributed by atoms with E-state index in [1.54, 1.807) is 14.2 Å². The molecule has 0 bridgehead atoms. The number of ketones is 1. The summed E-state index contributed by atoms with van der Waals surface area (Å²) in [5.74, 6) is 0.255. The predicted molar refractivity (Wildman–Crippen MR) is 73.5 cm³/mol. The number of methoxy groups -OCH3 is 2. The van der Waals surface area contributed by atoms with Gasteiger partial charge in [-0.25, -0.2) is 0 Å². The molecule has 1 unspecified atom stereocenters. The highest BCUT2D eigenvalue weighted by Gasteiger charge is 2.33. The van der Waals surface area contributed by atoms with Crippen LogP contribution in [0.5, 0.6) is 0 Å². The number of rotatable bonds is 5. The summed E-state index contributed by atoms with van der Waals surface area (Å²) >= 11 is 0. The summed E-state index contributed by atoms with van der Waals surface area (Å²) in [5.41, 5.74) is 2.07. The number of hydrogen-bond donors (Lipinski definition) is 0. The topological polar surface area (TPSA) is 40.5 Å². The first-order valence-corrected chi connectivity index (χ1v) is 6.70. The van der Waals surface area contributed by atoms with Crippen LogP contribution in [0.15, 0.2) is 12.3 Å². The first kappa shape index (κ1) is 14.3. The van der Waals surface area contributed by atoms with Crippen LogP contribution < -0.4 is 0 Å². The normalized spacial score (nSPS) is 19.3. The van der Waals surface area contributed by atoms with Gasteiger partial charge in [0.1, 0.15) is 0 Å². The van der Waals surface area contributed by atoms with Crippen LogP contribution in [0.4, 0.5) is 0 Å². The average Bonchev–Trinajstić information content (AvgIpc) is 2.70. The first-order chi connectivity index (χ1) is 8.96. The van der Waals surface area contributed by atoms with Crippen LogP contribution in [-0.4, -0.2) is 37.3 Å². The summed E-state index contributed by atoms with van der Waals surface area (Å²) in [4.78, 5) is 12.1. The highest BCUT2D eigenvalue weighted by molar-refractivity contribution is 5.98. The van der Waals surface area contributed by atoms with E-state index in [2.05, 4.69) is 18.4 Å². The van der Waals surface area contributed by atoms with Gasteiger partial charge in [0.05, 0.1) is 19.3 Å². The Morgan fingerprint density at radius 1 is 1.37 bits per heavy atom. The number of ether oxygens (including phenoxy) is 2. The van der Waals surface area contributed by atoms with Crippen LogP contribution in [0.25, 0.3) is 0 Å². The molecule has 19 heavy (non-hydrogen) atoms. The molecular formula is C15H23NO3. The molecule has 1 aromatic rings. The lowest BCUT2D eigenvalue weighted by molar-refractivity contribution is 0.0177. The SMILES string of the molecule is COCC(Cn1ccc2c1CC(C)(C)CC2=O)OC. The number of carbonyl (C=O) groups excluding carboxylic acids is 1. The Bertz CT molecular complexity index is 462. The Hall–Kier alpha value is -1.13. The summed E-state index contributed by atoms with van der Waals surface area (Å²) < 4.78 is 12.7. The van der Waals surface area contributed by atoms with Crippen LogP contribution in [0, 0.1) is 5.41 Å². The molecule has 0 fully saturated rings. The van der Waals surface area contributed by atoms with E-state index in [4.69, 9.17) is 9.47 Å². The van der Waals surface area contributed by atoms with Crippen molar-refractivity contribution in [2.45, 2.75) is 39.3 Å². The van der Waals surface area contributed by atoms with E-state index in [1.807, 2.05) is 12.3 Å². The first-order valence-electron chi connectivity index (χ1n) is 6.70. The smallest absolute Gasteiger partial charge is 0.165 e. The van der Waals surface area contributed by atoms with Gasteiger partial charge in [0.2, 0.25) is 0 Å². The number of Topliss-reactive ketones (excluding diaryl/α,β-unsaturated/α-hetero) is 1. The second-order valence-electron chi connectivity index (χ2n) is 6.08. The molecule has 0 aromatic carbocycles. The third-order valence-corrected chi connectivity index (χ3v) is 3.75. The zero-order valence-electron chi connectivity index (χ0n) is 12.2. The molecule has 0 spiro atoms. The molecule has 106 valence electrons. The lowest BCUT2D eigenvalue weighted by Gasteiger charge is -2.30. The van der Waals surface area contributed by atoms with Crippen molar-refractivity contribution in [3.63, 3.8) is 0 Å². The minimum absolute atomic E-state index is 0.0154. The van der Waals surface area contributed by atoms with Gasteiger partial charge in [0.25, 0.3) is 0 Å². The molecule has 1 aliphatic rings. The van der Waals surface area contributed by atoms with E-state index >= 15 is 0 Å². The number of aromatic nitrogens is 1. The average molecular weight is 265 g/mol. The van der Waals surface area contributed by atoms with Crippen LogP contribution >= 0.6 is 0 Å². The van der Waals surface area contributed by atoms with Gasteiger partial charge >= 0.3 is 0 Å². The summed E-state index contributed by atoms with van der Waals surface area (Å²) in [6.45, 7) is 5.58. The fourth-order valence-corrected chi connectivity index (χ4v) is 2.77. The van der Waals surface area contributed by atoms with E-state index in [1.165, 1.54) is 0 Å². The number of hydrogen-bond acceptors (Lipinski definition) is 3. The molecule has 4 nitrogen and oxygen atoms in total. The lowest BCUT2D eigenvalue weighted by Crippen LogP contribution is -2.30. The van der Waals surface area contributed by atoms with E-state index in [0.29, 0.717) is 13.0 Å². The maximum atomic E-state index is 12.1. The van der Waals surface area contributed by atoms with Gasteiger partial charge in [-0.05, 0) is 17.9 Å². The molecule has 0 radical (unpaired) electrons. The second kappa shape index (κ2) is 5.47. The van der Waals surface area contributed by atoms with Crippen molar-refractivity contribution >= 4 is 5.78 Å².